The molecule has 1 saturated heterocycles. The molecule has 1 fully saturated rings. The second-order valence-corrected chi connectivity index (χ2v) is 19.1. The van der Waals surface area contributed by atoms with Gasteiger partial charge in [-0.3, -0.25) is 0 Å². The van der Waals surface area contributed by atoms with Gasteiger partial charge < -0.3 is 0 Å². The molecular weight excluding hydrogens is 603 g/mol. The third-order valence-electron chi connectivity index (χ3n) is 8.81. The van der Waals surface area contributed by atoms with Crippen LogP contribution < -0.4 is 31.8 Å². The SMILES string of the molecule is FC(F)(F)C1OP(c2ccccc2)(c2ccccc2)(c2ccccc2)C1=P(c1ccccc1)(c1ccccc1)c1ccccc1. The normalized spacial score (nSPS) is 18.2. The minimum atomic E-state index is -4.67. The molecule has 0 bridgehead atoms. The molecule has 7 rings (SSSR count). The van der Waals surface area contributed by atoms with Gasteiger partial charge in [-0.2, -0.15) is 0 Å². The maximum absolute atomic E-state index is 15.8. The molecule has 1 unspecified atom stereocenters. The Labute approximate surface area is 262 Å². The summed E-state index contributed by atoms with van der Waals surface area (Å²) in [6, 6.07) is 58.3. The van der Waals surface area contributed by atoms with Gasteiger partial charge in [0.05, 0.1) is 0 Å². The van der Waals surface area contributed by atoms with Crippen molar-refractivity contribution < 1.29 is 17.7 Å². The third-order valence-corrected chi connectivity index (χ3v) is 20.6. The topological polar surface area (TPSA) is 9.23 Å². The van der Waals surface area contributed by atoms with Crippen LogP contribution in [0.5, 0.6) is 0 Å². The zero-order valence-corrected chi connectivity index (χ0v) is 26.1. The number of rotatable bonds is 6. The van der Waals surface area contributed by atoms with Crippen molar-refractivity contribution in [2.24, 2.45) is 0 Å². The van der Waals surface area contributed by atoms with E-state index in [1.165, 1.54) is 0 Å². The van der Waals surface area contributed by atoms with Crippen LogP contribution >= 0.6 is 13.7 Å². The Morgan fingerprint density at radius 3 is 0.956 bits per heavy atom. The Balaban J connectivity index is 1.89. The van der Waals surface area contributed by atoms with E-state index in [0.29, 0.717) is 5.03 Å². The fourth-order valence-corrected chi connectivity index (χ4v) is 21.3. The van der Waals surface area contributed by atoms with Gasteiger partial charge in [0, 0.05) is 0 Å². The number of alkyl halides is 3. The van der Waals surface area contributed by atoms with Crippen LogP contribution in [0.25, 0.3) is 0 Å². The first-order valence-corrected chi connectivity index (χ1v) is 18.8. The van der Waals surface area contributed by atoms with E-state index in [1.807, 2.05) is 182 Å². The molecule has 0 N–H and O–H groups in total. The van der Waals surface area contributed by atoms with Crippen LogP contribution in [0, 0.1) is 0 Å². The van der Waals surface area contributed by atoms with E-state index in [9.17, 15) is 0 Å². The average molecular weight is 635 g/mol. The van der Waals surface area contributed by atoms with Crippen molar-refractivity contribution in [1.29, 1.82) is 0 Å². The van der Waals surface area contributed by atoms with Crippen molar-refractivity contribution in [1.82, 2.24) is 0 Å². The maximum atomic E-state index is 15.8. The summed E-state index contributed by atoms with van der Waals surface area (Å²) in [6.45, 7) is -7.77. The molecule has 1 aliphatic heterocycles. The molecule has 0 amide bonds. The van der Waals surface area contributed by atoms with Crippen LogP contribution in [0.2, 0.25) is 0 Å². The van der Waals surface area contributed by atoms with Gasteiger partial charge in [0.1, 0.15) is 0 Å². The van der Waals surface area contributed by atoms with E-state index in [0.717, 1.165) is 31.8 Å². The molecule has 1 heterocycles. The number of hydrogen-bond donors (Lipinski definition) is 0. The summed E-state index contributed by atoms with van der Waals surface area (Å²) in [7, 11) is 0. The van der Waals surface area contributed by atoms with Gasteiger partial charge in [-0.25, -0.2) is 0 Å². The molecule has 0 saturated carbocycles. The fourth-order valence-electron chi connectivity index (χ4n) is 7.12. The Morgan fingerprint density at radius 1 is 0.422 bits per heavy atom. The van der Waals surface area contributed by atoms with Gasteiger partial charge in [-0.05, 0) is 0 Å². The molecule has 0 radical (unpaired) electrons. The van der Waals surface area contributed by atoms with Crippen molar-refractivity contribution in [3.05, 3.63) is 182 Å². The summed E-state index contributed by atoms with van der Waals surface area (Å²) in [6.07, 6.45) is -6.77. The van der Waals surface area contributed by atoms with E-state index in [1.54, 1.807) is 0 Å². The Bertz CT molecular complexity index is 1760. The van der Waals surface area contributed by atoms with Crippen LogP contribution in [-0.2, 0) is 4.52 Å². The molecular formula is C39H31F3OP2. The molecule has 1 aliphatic rings. The van der Waals surface area contributed by atoms with Crippen LogP contribution in [0.4, 0.5) is 13.2 Å². The third kappa shape index (κ3) is 4.24. The van der Waals surface area contributed by atoms with Gasteiger partial charge in [-0.15, -0.1) is 0 Å². The molecule has 6 aromatic rings. The van der Waals surface area contributed by atoms with Crippen molar-refractivity contribution in [2.75, 3.05) is 0 Å². The number of benzene rings is 6. The quantitative estimate of drug-likeness (QED) is 0.172. The van der Waals surface area contributed by atoms with Crippen molar-refractivity contribution in [3.63, 3.8) is 0 Å². The summed E-state index contributed by atoms with van der Waals surface area (Å²) in [5.41, 5.74) is 0. The molecule has 6 aromatic carbocycles. The van der Waals surface area contributed by atoms with Gasteiger partial charge >= 0.3 is 263 Å². The average Bonchev–Trinajstić information content (AvgIpc) is 3.09. The molecule has 0 aromatic heterocycles. The molecule has 224 valence electrons. The predicted molar refractivity (Wildman–Crippen MR) is 186 cm³/mol. The molecule has 0 spiro atoms. The second-order valence-electron chi connectivity index (χ2n) is 11.1. The Morgan fingerprint density at radius 2 is 0.689 bits per heavy atom. The van der Waals surface area contributed by atoms with E-state index in [-0.39, 0.29) is 0 Å². The fraction of sp³-hybridized carbons (Fsp3) is 0.0513. The first kappa shape index (κ1) is 29.5. The first-order valence-electron chi connectivity index (χ1n) is 14.8. The van der Waals surface area contributed by atoms with Crippen LogP contribution in [0.1, 0.15) is 0 Å². The Kier molecular flexibility index (Phi) is 7.41. The van der Waals surface area contributed by atoms with E-state index >= 15 is 13.2 Å². The van der Waals surface area contributed by atoms with Crippen LogP contribution in [-0.4, -0.2) is 17.3 Å². The Hall–Kier alpha value is -4.20. The summed E-state index contributed by atoms with van der Waals surface area (Å²) in [5.74, 6) is 0. The van der Waals surface area contributed by atoms with Crippen molar-refractivity contribution in [2.45, 2.75) is 12.3 Å². The van der Waals surface area contributed by atoms with Crippen molar-refractivity contribution >= 4 is 50.6 Å². The second kappa shape index (κ2) is 11.3. The minimum absolute atomic E-state index is 0.410. The van der Waals surface area contributed by atoms with E-state index < -0.39 is 26.0 Å². The molecule has 1 atom stereocenters. The summed E-state index contributed by atoms with van der Waals surface area (Å²) in [5, 5.41) is 5.23. The standard InChI is InChI=1S/C39H31F3OP2/c40-39(41,42)37-38(44(31-19-7-1-8-20-31,32-21-9-2-10-22-32)33-23-11-3-12-24-33)45(43-37,34-25-13-4-14-26-34,35-27-15-5-16-28-35)36-29-17-6-18-30-36/h1-30,37H. The zero-order valence-electron chi connectivity index (χ0n) is 24.3. The number of halogens is 3. The number of hydrogen-bond acceptors (Lipinski definition) is 1. The molecule has 0 aliphatic carbocycles. The molecule has 1 nitrogen and oxygen atoms in total. The predicted octanol–water partition coefficient (Wildman–Crippen LogP) is 7.52. The van der Waals surface area contributed by atoms with Gasteiger partial charge in [0.2, 0.25) is 0 Å². The van der Waals surface area contributed by atoms with Crippen LogP contribution in [0.3, 0.4) is 0 Å². The van der Waals surface area contributed by atoms with Gasteiger partial charge in [-0.1, -0.05) is 0 Å². The molecule has 6 heteroatoms. The van der Waals surface area contributed by atoms with E-state index in [4.69, 9.17) is 4.52 Å². The van der Waals surface area contributed by atoms with E-state index in [2.05, 4.69) is 0 Å². The van der Waals surface area contributed by atoms with Gasteiger partial charge in [0.15, 0.2) is 0 Å². The molecule has 45 heavy (non-hydrogen) atoms. The summed E-state index contributed by atoms with van der Waals surface area (Å²) in [4.78, 5) is 0. The van der Waals surface area contributed by atoms with Gasteiger partial charge in [0.25, 0.3) is 0 Å². The summed E-state index contributed by atoms with van der Waals surface area (Å²) >= 11 is 0. The van der Waals surface area contributed by atoms with Crippen LogP contribution in [0.15, 0.2) is 182 Å². The first-order chi connectivity index (χ1) is 21.9. The monoisotopic (exact) mass is 634 g/mol. The van der Waals surface area contributed by atoms with Crippen molar-refractivity contribution in [3.8, 4) is 0 Å². The summed E-state index contributed by atoms with van der Waals surface area (Å²) < 4.78 is 54.3. The zero-order chi connectivity index (χ0) is 31.0.